The highest BCUT2D eigenvalue weighted by molar-refractivity contribution is 7.90. The summed E-state index contributed by atoms with van der Waals surface area (Å²) in [5.41, 5.74) is 0.572. The molecule has 0 radical (unpaired) electrons. The average molecular weight is 229 g/mol. The summed E-state index contributed by atoms with van der Waals surface area (Å²) in [5.74, 6) is 0. The van der Waals surface area contributed by atoms with E-state index in [1.165, 1.54) is 12.1 Å². The standard InChI is InChI=1S/C8H7NO3S2/c1-14(11,12)5-2-3-7-6(4-5)9-8(10)13-7/h2-4H,1H3,(H,9,10). The first kappa shape index (κ1) is 9.42. The summed E-state index contributed by atoms with van der Waals surface area (Å²) in [6, 6.07) is 4.61. The van der Waals surface area contributed by atoms with Crippen molar-refractivity contribution < 1.29 is 8.42 Å². The van der Waals surface area contributed by atoms with E-state index in [0.717, 1.165) is 22.3 Å². The Balaban J connectivity index is 2.80. The maximum absolute atomic E-state index is 11.2. The lowest BCUT2D eigenvalue weighted by molar-refractivity contribution is 0.602. The summed E-state index contributed by atoms with van der Waals surface area (Å²) in [5, 5.41) is 0. The first-order valence-electron chi connectivity index (χ1n) is 3.80. The molecule has 4 nitrogen and oxygen atoms in total. The van der Waals surface area contributed by atoms with Gasteiger partial charge < -0.3 is 4.98 Å². The number of benzene rings is 1. The summed E-state index contributed by atoms with van der Waals surface area (Å²) in [7, 11) is -3.20. The van der Waals surface area contributed by atoms with Gasteiger partial charge in [-0.2, -0.15) is 0 Å². The van der Waals surface area contributed by atoms with Crippen LogP contribution in [0.3, 0.4) is 0 Å². The van der Waals surface area contributed by atoms with E-state index in [1.807, 2.05) is 0 Å². The molecule has 2 aromatic rings. The van der Waals surface area contributed by atoms with Gasteiger partial charge in [0.25, 0.3) is 0 Å². The molecule has 0 aliphatic rings. The van der Waals surface area contributed by atoms with Crippen molar-refractivity contribution >= 4 is 31.4 Å². The molecule has 14 heavy (non-hydrogen) atoms. The largest absolute Gasteiger partial charge is 0.312 e. The van der Waals surface area contributed by atoms with E-state index in [4.69, 9.17) is 0 Å². The van der Waals surface area contributed by atoms with Crippen molar-refractivity contribution in [3.63, 3.8) is 0 Å². The molecule has 1 aromatic heterocycles. The van der Waals surface area contributed by atoms with Crippen LogP contribution in [0.5, 0.6) is 0 Å². The van der Waals surface area contributed by atoms with Crippen LogP contribution in [0, 0.1) is 0 Å². The Morgan fingerprint density at radius 3 is 2.71 bits per heavy atom. The van der Waals surface area contributed by atoms with Gasteiger partial charge in [0.05, 0.1) is 15.1 Å². The molecule has 0 aliphatic carbocycles. The minimum Gasteiger partial charge on any atom is -0.312 e. The predicted molar refractivity (Wildman–Crippen MR) is 55.6 cm³/mol. The van der Waals surface area contributed by atoms with Gasteiger partial charge in [-0.05, 0) is 18.2 Å². The van der Waals surface area contributed by atoms with Crippen LogP contribution >= 0.6 is 11.3 Å². The van der Waals surface area contributed by atoms with E-state index in [0.29, 0.717) is 5.52 Å². The van der Waals surface area contributed by atoms with Crippen LogP contribution in [0.1, 0.15) is 0 Å². The Bertz CT molecular complexity index is 636. The van der Waals surface area contributed by atoms with Gasteiger partial charge in [-0.25, -0.2) is 8.42 Å². The van der Waals surface area contributed by atoms with Crippen molar-refractivity contribution in [1.82, 2.24) is 4.98 Å². The van der Waals surface area contributed by atoms with Crippen LogP contribution in [0.2, 0.25) is 0 Å². The Morgan fingerprint density at radius 2 is 2.07 bits per heavy atom. The Hall–Kier alpha value is -1.14. The molecule has 1 heterocycles. The third kappa shape index (κ3) is 1.58. The maximum Gasteiger partial charge on any atom is 0.305 e. The van der Waals surface area contributed by atoms with Crippen LogP contribution in [0.25, 0.3) is 10.2 Å². The third-order valence-electron chi connectivity index (χ3n) is 1.82. The van der Waals surface area contributed by atoms with E-state index in [9.17, 15) is 13.2 Å². The number of hydrogen-bond donors (Lipinski definition) is 1. The van der Waals surface area contributed by atoms with Gasteiger partial charge in [0.2, 0.25) is 0 Å². The van der Waals surface area contributed by atoms with E-state index in [2.05, 4.69) is 4.98 Å². The van der Waals surface area contributed by atoms with Gasteiger partial charge in [-0.1, -0.05) is 11.3 Å². The number of fused-ring (bicyclic) bond motifs is 1. The number of nitrogens with one attached hydrogen (secondary N) is 1. The fourth-order valence-electron chi connectivity index (χ4n) is 1.16. The molecule has 1 aromatic carbocycles. The number of thiazole rings is 1. The van der Waals surface area contributed by atoms with E-state index in [-0.39, 0.29) is 9.77 Å². The van der Waals surface area contributed by atoms with Gasteiger partial charge in [0.15, 0.2) is 9.84 Å². The summed E-state index contributed by atoms with van der Waals surface area (Å²) < 4.78 is 23.2. The van der Waals surface area contributed by atoms with Crippen molar-refractivity contribution in [2.75, 3.05) is 6.26 Å². The van der Waals surface area contributed by atoms with Crippen molar-refractivity contribution in [3.05, 3.63) is 27.9 Å². The molecule has 0 spiro atoms. The zero-order valence-corrected chi connectivity index (χ0v) is 8.91. The van der Waals surface area contributed by atoms with Crippen molar-refractivity contribution in [2.24, 2.45) is 0 Å². The number of hydrogen-bond acceptors (Lipinski definition) is 4. The Labute approximate surface area is 84.1 Å². The number of rotatable bonds is 1. The zero-order chi connectivity index (χ0) is 10.3. The second-order valence-electron chi connectivity index (χ2n) is 2.94. The van der Waals surface area contributed by atoms with E-state index in [1.54, 1.807) is 6.07 Å². The summed E-state index contributed by atoms with van der Waals surface area (Å²) in [6.07, 6.45) is 1.14. The zero-order valence-electron chi connectivity index (χ0n) is 7.27. The summed E-state index contributed by atoms with van der Waals surface area (Å²) in [4.78, 5) is 13.6. The van der Waals surface area contributed by atoms with Gasteiger partial charge >= 0.3 is 4.87 Å². The van der Waals surface area contributed by atoms with Crippen molar-refractivity contribution in [2.45, 2.75) is 4.90 Å². The molecule has 74 valence electrons. The van der Waals surface area contributed by atoms with Crippen LogP contribution in [-0.2, 0) is 9.84 Å². The molecule has 0 saturated carbocycles. The van der Waals surface area contributed by atoms with Crippen LogP contribution in [0.15, 0.2) is 27.9 Å². The molecule has 0 unspecified atom stereocenters. The van der Waals surface area contributed by atoms with Crippen LogP contribution < -0.4 is 4.87 Å². The van der Waals surface area contributed by atoms with Crippen molar-refractivity contribution in [3.8, 4) is 0 Å². The molecule has 0 fully saturated rings. The summed E-state index contributed by atoms with van der Waals surface area (Å²) >= 11 is 1.07. The first-order chi connectivity index (χ1) is 6.47. The molecule has 0 atom stereocenters. The Kier molecular flexibility index (Phi) is 1.97. The topological polar surface area (TPSA) is 67.0 Å². The smallest absolute Gasteiger partial charge is 0.305 e. The molecule has 0 saturated heterocycles. The fourth-order valence-corrected chi connectivity index (χ4v) is 2.53. The third-order valence-corrected chi connectivity index (χ3v) is 3.79. The lowest BCUT2D eigenvalue weighted by Crippen LogP contribution is -1.96. The number of aromatic nitrogens is 1. The molecule has 0 bridgehead atoms. The summed E-state index contributed by atoms with van der Waals surface area (Å²) in [6.45, 7) is 0. The Morgan fingerprint density at radius 1 is 1.36 bits per heavy atom. The lowest BCUT2D eigenvalue weighted by Gasteiger charge is -1.96. The molecule has 0 aliphatic heterocycles. The SMILES string of the molecule is CS(=O)(=O)c1ccc2sc(=O)[nH]c2c1. The van der Waals surface area contributed by atoms with Crippen molar-refractivity contribution in [1.29, 1.82) is 0 Å². The second kappa shape index (κ2) is 2.93. The lowest BCUT2D eigenvalue weighted by atomic mass is 10.3. The van der Waals surface area contributed by atoms with E-state index >= 15 is 0 Å². The minimum absolute atomic E-state index is 0.175. The fraction of sp³-hybridized carbons (Fsp3) is 0.125. The molecule has 6 heteroatoms. The quantitative estimate of drug-likeness (QED) is 0.793. The molecule has 1 N–H and O–H groups in total. The highest BCUT2D eigenvalue weighted by Gasteiger charge is 2.08. The number of H-pyrrole nitrogens is 1. The molecular formula is C8H7NO3S2. The highest BCUT2D eigenvalue weighted by atomic mass is 32.2. The van der Waals surface area contributed by atoms with Crippen LogP contribution in [0.4, 0.5) is 0 Å². The highest BCUT2D eigenvalue weighted by Crippen LogP contribution is 2.18. The molecule has 0 amide bonds. The average Bonchev–Trinajstić information content (AvgIpc) is 2.41. The number of aromatic amines is 1. The first-order valence-corrected chi connectivity index (χ1v) is 6.50. The molecular weight excluding hydrogens is 222 g/mol. The van der Waals surface area contributed by atoms with Crippen LogP contribution in [-0.4, -0.2) is 19.7 Å². The normalized spacial score (nSPS) is 12.1. The van der Waals surface area contributed by atoms with Gasteiger partial charge in [0, 0.05) is 6.26 Å². The monoisotopic (exact) mass is 229 g/mol. The minimum atomic E-state index is -3.20. The predicted octanol–water partition coefficient (Wildman–Crippen LogP) is 0.993. The molecule has 2 rings (SSSR count). The second-order valence-corrected chi connectivity index (χ2v) is 5.98. The maximum atomic E-state index is 11.2. The number of sulfone groups is 1. The van der Waals surface area contributed by atoms with Gasteiger partial charge in [-0.15, -0.1) is 0 Å². The van der Waals surface area contributed by atoms with E-state index < -0.39 is 9.84 Å². The van der Waals surface area contributed by atoms with Gasteiger partial charge in [0.1, 0.15) is 0 Å². The van der Waals surface area contributed by atoms with Gasteiger partial charge in [-0.3, -0.25) is 4.79 Å².